The second-order valence-corrected chi connectivity index (χ2v) is 9.45. The third-order valence-electron chi connectivity index (χ3n) is 7.63. The van der Waals surface area contributed by atoms with Crippen LogP contribution in [0.15, 0.2) is 72.8 Å². The zero-order chi connectivity index (χ0) is 28.6. The molecule has 10 nitrogen and oxygen atoms in total. The van der Waals surface area contributed by atoms with E-state index >= 15 is 0 Å². The summed E-state index contributed by atoms with van der Waals surface area (Å²) >= 11 is 0. The molecule has 4 atom stereocenters. The summed E-state index contributed by atoms with van der Waals surface area (Å²) in [5.41, 5.74) is -0.130. The van der Waals surface area contributed by atoms with E-state index in [2.05, 4.69) is 6.07 Å². The van der Waals surface area contributed by atoms with E-state index in [1.54, 1.807) is 35.2 Å². The number of nitriles is 1. The molecule has 2 aliphatic rings. The maximum atomic E-state index is 14.5. The number of benzene rings is 3. The van der Waals surface area contributed by atoms with Gasteiger partial charge < -0.3 is 19.1 Å². The Kier molecular flexibility index (Phi) is 6.73. The highest BCUT2D eigenvalue weighted by atomic mass is 16.6. The Morgan fingerprint density at radius 3 is 2.42 bits per heavy atom. The molecule has 3 aromatic rings. The first-order chi connectivity index (χ1) is 19.3. The molecule has 10 heteroatoms. The van der Waals surface area contributed by atoms with Gasteiger partial charge in [0, 0.05) is 29.3 Å². The Balaban J connectivity index is 1.82. The van der Waals surface area contributed by atoms with Crippen LogP contribution in [0.25, 0.3) is 6.08 Å². The van der Waals surface area contributed by atoms with Gasteiger partial charge in [0.1, 0.15) is 6.04 Å². The number of fused-ring (bicyclic) bond motifs is 3. The van der Waals surface area contributed by atoms with Gasteiger partial charge >= 0.3 is 5.97 Å². The van der Waals surface area contributed by atoms with Crippen LogP contribution < -0.4 is 14.4 Å². The Bertz CT molecular complexity index is 1590. The van der Waals surface area contributed by atoms with E-state index in [0.29, 0.717) is 22.7 Å². The van der Waals surface area contributed by atoms with Crippen molar-refractivity contribution in [1.29, 1.82) is 5.26 Å². The molecule has 202 valence electrons. The van der Waals surface area contributed by atoms with Crippen LogP contribution in [0.3, 0.4) is 0 Å². The molecule has 0 N–H and O–H groups in total. The van der Waals surface area contributed by atoms with Crippen molar-refractivity contribution in [2.45, 2.75) is 18.0 Å². The molecule has 1 fully saturated rings. The van der Waals surface area contributed by atoms with Crippen molar-refractivity contribution < 1.29 is 28.7 Å². The number of non-ortho nitro benzene ring substituents is 1. The average molecular weight is 540 g/mol. The predicted octanol–water partition coefficient (Wildman–Crippen LogP) is 4.55. The number of rotatable bonds is 7. The van der Waals surface area contributed by atoms with Gasteiger partial charge in [0.2, 0.25) is 0 Å². The highest BCUT2D eigenvalue weighted by Gasteiger charge is 2.67. The van der Waals surface area contributed by atoms with Gasteiger partial charge in [-0.25, -0.2) is 0 Å². The first-order valence-corrected chi connectivity index (χ1v) is 12.4. The minimum Gasteiger partial charge on any atom is -0.493 e. The second kappa shape index (κ2) is 10.2. The van der Waals surface area contributed by atoms with Crippen LogP contribution in [0.2, 0.25) is 0 Å². The Hall–Kier alpha value is -5.17. The minimum atomic E-state index is -1.86. The first kappa shape index (κ1) is 26.4. The van der Waals surface area contributed by atoms with E-state index in [4.69, 9.17) is 14.2 Å². The molecule has 3 aromatic carbocycles. The largest absolute Gasteiger partial charge is 0.493 e. The SMILES string of the molecule is COC(=O)[C@@]1(C#N)[C@H](c2ccc(OC)c(OC)c2)[C@H](C(=O)c2cccc([N+](=O)[O-])c2)N2c3ccccc3C=C[C@@H]21. The Morgan fingerprint density at radius 1 is 1.00 bits per heavy atom. The Labute approximate surface area is 230 Å². The average Bonchev–Trinajstić information content (AvgIpc) is 3.31. The lowest BCUT2D eigenvalue weighted by molar-refractivity contribution is -0.384. The van der Waals surface area contributed by atoms with Crippen molar-refractivity contribution in [2.24, 2.45) is 5.41 Å². The van der Waals surface area contributed by atoms with E-state index in [0.717, 1.165) is 5.56 Å². The van der Waals surface area contributed by atoms with Gasteiger partial charge in [-0.3, -0.25) is 19.7 Å². The number of Topliss-reactive ketones (excluding diaryl/α,β-unsaturated/α-hetero) is 1. The van der Waals surface area contributed by atoms with Crippen molar-refractivity contribution in [3.63, 3.8) is 0 Å². The number of methoxy groups -OCH3 is 3. The summed E-state index contributed by atoms with van der Waals surface area (Å²) in [5, 5.41) is 22.3. The third kappa shape index (κ3) is 3.86. The molecule has 0 bridgehead atoms. The molecular formula is C30H25N3O7. The van der Waals surface area contributed by atoms with Crippen molar-refractivity contribution in [2.75, 3.05) is 26.2 Å². The quantitative estimate of drug-likeness (QED) is 0.184. The molecule has 1 saturated heterocycles. The number of carbonyl (C=O) groups excluding carboxylic acids is 2. The molecule has 0 unspecified atom stereocenters. The van der Waals surface area contributed by atoms with E-state index in [1.807, 2.05) is 24.3 Å². The van der Waals surface area contributed by atoms with Crippen LogP contribution in [-0.2, 0) is 9.53 Å². The van der Waals surface area contributed by atoms with Crippen LogP contribution in [0.4, 0.5) is 11.4 Å². The lowest BCUT2D eigenvalue weighted by Gasteiger charge is -2.36. The fourth-order valence-corrected chi connectivity index (χ4v) is 5.90. The lowest BCUT2D eigenvalue weighted by atomic mass is 9.68. The Morgan fingerprint density at radius 2 is 1.75 bits per heavy atom. The smallest absolute Gasteiger partial charge is 0.329 e. The van der Waals surface area contributed by atoms with Crippen LogP contribution in [0.5, 0.6) is 11.5 Å². The van der Waals surface area contributed by atoms with E-state index in [9.17, 15) is 25.0 Å². The van der Waals surface area contributed by atoms with Crippen LogP contribution in [-0.4, -0.2) is 50.1 Å². The third-order valence-corrected chi connectivity index (χ3v) is 7.63. The van der Waals surface area contributed by atoms with E-state index in [-0.39, 0.29) is 11.3 Å². The topological polar surface area (TPSA) is 132 Å². The van der Waals surface area contributed by atoms with Gasteiger partial charge in [-0.05, 0) is 29.3 Å². The zero-order valence-electron chi connectivity index (χ0n) is 21.9. The molecule has 0 aliphatic carbocycles. The summed E-state index contributed by atoms with van der Waals surface area (Å²) < 4.78 is 16.1. The molecule has 0 amide bonds. The molecule has 0 aromatic heterocycles. The monoisotopic (exact) mass is 539 g/mol. The number of carbonyl (C=O) groups is 2. The predicted molar refractivity (Wildman–Crippen MR) is 145 cm³/mol. The van der Waals surface area contributed by atoms with Crippen molar-refractivity contribution in [3.05, 3.63) is 99.6 Å². The number of nitro groups is 1. The molecule has 0 saturated carbocycles. The van der Waals surface area contributed by atoms with Gasteiger partial charge in [-0.15, -0.1) is 0 Å². The summed E-state index contributed by atoms with van der Waals surface area (Å²) in [4.78, 5) is 40.9. The van der Waals surface area contributed by atoms with Crippen LogP contribution in [0, 0.1) is 26.9 Å². The van der Waals surface area contributed by atoms with Gasteiger partial charge in [-0.1, -0.05) is 48.6 Å². The van der Waals surface area contributed by atoms with Crippen molar-refractivity contribution >= 4 is 29.2 Å². The number of esters is 1. The molecule has 40 heavy (non-hydrogen) atoms. The molecule has 0 spiro atoms. The fraction of sp³-hybridized carbons (Fsp3) is 0.233. The maximum absolute atomic E-state index is 14.5. The minimum absolute atomic E-state index is 0.0778. The number of nitrogens with zero attached hydrogens (tertiary/aromatic N) is 3. The maximum Gasteiger partial charge on any atom is 0.329 e. The zero-order valence-corrected chi connectivity index (χ0v) is 21.9. The van der Waals surface area contributed by atoms with Crippen molar-refractivity contribution in [1.82, 2.24) is 0 Å². The van der Waals surface area contributed by atoms with Crippen LogP contribution >= 0.6 is 0 Å². The number of hydrogen-bond donors (Lipinski definition) is 0. The second-order valence-electron chi connectivity index (χ2n) is 9.45. The standard InChI is InChI=1S/C30H25N3O7/c1-38-23-13-11-19(16-24(23)39-2)26-27(28(34)20-8-6-9-21(15-20)33(36)37)32-22-10-5-4-7-18(22)12-14-25(32)30(26,17-31)29(35)40-3/h4-16,25-27H,1-3H3/t25-,26-,27-,30-/m1/s1. The van der Waals surface area contributed by atoms with E-state index in [1.165, 1.54) is 45.6 Å². The fourth-order valence-electron chi connectivity index (χ4n) is 5.90. The molecule has 2 aliphatic heterocycles. The van der Waals surface area contributed by atoms with Crippen LogP contribution in [0.1, 0.15) is 27.4 Å². The number of ether oxygens (including phenoxy) is 3. The molecule has 0 radical (unpaired) electrons. The summed E-state index contributed by atoms with van der Waals surface area (Å²) in [6.07, 6.45) is 3.55. The van der Waals surface area contributed by atoms with Gasteiger partial charge in [0.05, 0.1) is 38.4 Å². The highest BCUT2D eigenvalue weighted by molar-refractivity contribution is 6.06. The molecule has 5 rings (SSSR count). The van der Waals surface area contributed by atoms with Gasteiger partial charge in [0.15, 0.2) is 22.7 Å². The number of nitro benzene ring substituents is 1. The normalized spacial score (nSPS) is 22.4. The molecular weight excluding hydrogens is 514 g/mol. The highest BCUT2D eigenvalue weighted by Crippen LogP contribution is 2.57. The van der Waals surface area contributed by atoms with Crippen molar-refractivity contribution in [3.8, 4) is 17.6 Å². The van der Waals surface area contributed by atoms with Gasteiger partial charge in [0.25, 0.3) is 5.69 Å². The summed E-state index contributed by atoms with van der Waals surface area (Å²) in [6.45, 7) is 0. The molecule has 2 heterocycles. The number of hydrogen-bond acceptors (Lipinski definition) is 9. The number of anilines is 1. The summed E-state index contributed by atoms with van der Waals surface area (Å²) in [6, 6.07) is 18.0. The summed E-state index contributed by atoms with van der Waals surface area (Å²) in [7, 11) is 4.15. The number of para-hydroxylation sites is 1. The lowest BCUT2D eigenvalue weighted by Crippen LogP contribution is -2.46. The van der Waals surface area contributed by atoms with E-state index < -0.39 is 40.1 Å². The van der Waals surface area contributed by atoms with Gasteiger partial charge in [-0.2, -0.15) is 5.26 Å². The number of ketones is 1. The summed E-state index contributed by atoms with van der Waals surface area (Å²) in [5.74, 6) is -1.58. The first-order valence-electron chi connectivity index (χ1n) is 12.4.